The average molecular weight is 285 g/mol. The van der Waals surface area contributed by atoms with Crippen molar-refractivity contribution in [2.75, 3.05) is 0 Å². The fraction of sp³-hybridized carbons (Fsp3) is 0.353. The van der Waals surface area contributed by atoms with E-state index >= 15 is 0 Å². The summed E-state index contributed by atoms with van der Waals surface area (Å²) in [6.45, 7) is 1.61. The summed E-state index contributed by atoms with van der Waals surface area (Å²) >= 11 is 0. The molecule has 0 aliphatic heterocycles. The van der Waals surface area contributed by atoms with Crippen molar-refractivity contribution in [3.05, 3.63) is 42.0 Å². The molecule has 4 nitrogen and oxygen atoms in total. The van der Waals surface area contributed by atoms with Crippen LogP contribution in [0.1, 0.15) is 25.3 Å². The molecule has 0 heterocycles. The molecular formula is C17H19NO3. The molecule has 0 aromatic heterocycles. The fourth-order valence-electron chi connectivity index (χ4n) is 2.38. The van der Waals surface area contributed by atoms with Gasteiger partial charge in [-0.15, -0.1) is 0 Å². The first-order valence-electron chi connectivity index (χ1n) is 7.27. The molecule has 0 bridgehead atoms. The minimum absolute atomic E-state index is 0.102. The quantitative estimate of drug-likeness (QED) is 0.886. The average Bonchev–Trinajstić information content (AvgIpc) is 3.30. The standard InChI is InChI=1S/C17H19NO3/c1-11(17(20)18-13-7-8-13)21-16-9-6-12-4-2-3-5-14(12)15(16)10-19/h2-6,9,11,13,19H,7-8,10H2,1H3,(H,18,20). The van der Waals surface area contributed by atoms with Crippen LogP contribution in [-0.2, 0) is 11.4 Å². The summed E-state index contributed by atoms with van der Waals surface area (Å²) in [4.78, 5) is 12.0. The predicted molar refractivity (Wildman–Crippen MR) is 81.1 cm³/mol. The van der Waals surface area contributed by atoms with Crippen molar-refractivity contribution in [1.82, 2.24) is 5.32 Å². The summed E-state index contributed by atoms with van der Waals surface area (Å²) in [5.41, 5.74) is 0.721. The van der Waals surface area contributed by atoms with Crippen molar-refractivity contribution in [2.24, 2.45) is 0 Å². The van der Waals surface area contributed by atoms with Gasteiger partial charge >= 0.3 is 0 Å². The van der Waals surface area contributed by atoms with Crippen molar-refractivity contribution in [3.63, 3.8) is 0 Å². The van der Waals surface area contributed by atoms with Crippen molar-refractivity contribution >= 4 is 16.7 Å². The second-order valence-corrected chi connectivity index (χ2v) is 5.46. The summed E-state index contributed by atoms with van der Waals surface area (Å²) in [6, 6.07) is 11.9. The Morgan fingerprint density at radius 1 is 1.33 bits per heavy atom. The highest BCUT2D eigenvalue weighted by molar-refractivity contribution is 5.88. The van der Waals surface area contributed by atoms with Crippen molar-refractivity contribution in [3.8, 4) is 5.75 Å². The number of hydrogen-bond acceptors (Lipinski definition) is 3. The molecular weight excluding hydrogens is 266 g/mol. The molecule has 1 aliphatic rings. The second kappa shape index (κ2) is 5.74. The van der Waals surface area contributed by atoms with Gasteiger partial charge in [0.25, 0.3) is 5.91 Å². The fourth-order valence-corrected chi connectivity index (χ4v) is 2.38. The Balaban J connectivity index is 1.83. The zero-order valence-corrected chi connectivity index (χ0v) is 12.0. The normalized spacial score (nSPS) is 15.7. The van der Waals surface area contributed by atoms with E-state index < -0.39 is 6.10 Å². The van der Waals surface area contributed by atoms with E-state index in [1.807, 2.05) is 36.4 Å². The number of hydrogen-bond donors (Lipinski definition) is 2. The maximum Gasteiger partial charge on any atom is 0.260 e. The lowest BCUT2D eigenvalue weighted by molar-refractivity contribution is -0.127. The predicted octanol–water partition coefficient (Wildman–Crippen LogP) is 2.38. The van der Waals surface area contributed by atoms with E-state index in [9.17, 15) is 9.90 Å². The van der Waals surface area contributed by atoms with Gasteiger partial charge in [0, 0.05) is 11.6 Å². The number of carbonyl (C=O) groups excluding carboxylic acids is 1. The zero-order chi connectivity index (χ0) is 14.8. The monoisotopic (exact) mass is 285 g/mol. The van der Waals surface area contributed by atoms with E-state index in [0.717, 1.165) is 29.2 Å². The van der Waals surface area contributed by atoms with Gasteiger partial charge in [0.15, 0.2) is 6.10 Å². The Hall–Kier alpha value is -2.07. The first kappa shape index (κ1) is 13.9. The lowest BCUT2D eigenvalue weighted by Gasteiger charge is -2.17. The van der Waals surface area contributed by atoms with Gasteiger partial charge in [-0.3, -0.25) is 4.79 Å². The van der Waals surface area contributed by atoms with Crippen LogP contribution < -0.4 is 10.1 Å². The Bertz CT molecular complexity index is 664. The van der Waals surface area contributed by atoms with Gasteiger partial charge in [0.05, 0.1) is 6.61 Å². The van der Waals surface area contributed by atoms with Gasteiger partial charge in [-0.1, -0.05) is 30.3 Å². The minimum atomic E-state index is -0.572. The number of rotatable bonds is 5. The molecule has 3 rings (SSSR count). The van der Waals surface area contributed by atoms with Crippen LogP contribution in [0.15, 0.2) is 36.4 Å². The number of aliphatic hydroxyl groups excluding tert-OH is 1. The van der Waals surface area contributed by atoms with E-state index in [2.05, 4.69) is 5.32 Å². The molecule has 2 N–H and O–H groups in total. The maximum atomic E-state index is 12.0. The van der Waals surface area contributed by atoms with E-state index in [0.29, 0.717) is 11.8 Å². The molecule has 1 fully saturated rings. The highest BCUT2D eigenvalue weighted by Crippen LogP contribution is 2.29. The number of carbonyl (C=O) groups is 1. The Labute approximate surface area is 123 Å². The number of fused-ring (bicyclic) bond motifs is 1. The SMILES string of the molecule is CC(Oc1ccc2ccccc2c1CO)C(=O)NC1CC1. The molecule has 1 saturated carbocycles. The van der Waals surface area contributed by atoms with Gasteiger partial charge in [-0.05, 0) is 36.6 Å². The van der Waals surface area contributed by atoms with Crippen molar-refractivity contribution in [1.29, 1.82) is 0 Å². The lowest BCUT2D eigenvalue weighted by atomic mass is 10.0. The smallest absolute Gasteiger partial charge is 0.260 e. The van der Waals surface area contributed by atoms with Gasteiger partial charge < -0.3 is 15.2 Å². The van der Waals surface area contributed by atoms with Crippen LogP contribution in [0.5, 0.6) is 5.75 Å². The Morgan fingerprint density at radius 3 is 2.81 bits per heavy atom. The third-order valence-corrected chi connectivity index (χ3v) is 3.75. The van der Waals surface area contributed by atoms with Gasteiger partial charge in [0.1, 0.15) is 5.75 Å². The molecule has 0 spiro atoms. The van der Waals surface area contributed by atoms with Crippen molar-refractivity contribution < 1.29 is 14.6 Å². The minimum Gasteiger partial charge on any atom is -0.481 e. The molecule has 2 aromatic carbocycles. The van der Waals surface area contributed by atoms with Crippen LogP contribution in [-0.4, -0.2) is 23.2 Å². The topological polar surface area (TPSA) is 58.6 Å². The molecule has 1 amide bonds. The summed E-state index contributed by atoms with van der Waals surface area (Å²) in [6.07, 6.45) is 1.53. The number of amides is 1. The molecule has 4 heteroatoms. The highest BCUT2D eigenvalue weighted by Gasteiger charge is 2.26. The zero-order valence-electron chi connectivity index (χ0n) is 12.0. The molecule has 1 atom stereocenters. The third-order valence-electron chi connectivity index (χ3n) is 3.75. The molecule has 1 unspecified atom stereocenters. The second-order valence-electron chi connectivity index (χ2n) is 5.46. The van der Waals surface area contributed by atoms with Crippen LogP contribution in [0.3, 0.4) is 0 Å². The molecule has 1 aliphatic carbocycles. The summed E-state index contributed by atoms with van der Waals surface area (Å²) in [5, 5.41) is 14.6. The highest BCUT2D eigenvalue weighted by atomic mass is 16.5. The summed E-state index contributed by atoms with van der Waals surface area (Å²) in [7, 11) is 0. The number of benzene rings is 2. The van der Waals surface area contributed by atoms with E-state index in [1.165, 1.54) is 0 Å². The number of nitrogens with one attached hydrogen (secondary N) is 1. The van der Waals surface area contributed by atoms with Crippen LogP contribution in [0.2, 0.25) is 0 Å². The van der Waals surface area contributed by atoms with Crippen LogP contribution >= 0.6 is 0 Å². The Kier molecular flexibility index (Phi) is 3.80. The lowest BCUT2D eigenvalue weighted by Crippen LogP contribution is -2.37. The van der Waals surface area contributed by atoms with Gasteiger partial charge in [-0.25, -0.2) is 0 Å². The molecule has 2 aromatic rings. The Morgan fingerprint density at radius 2 is 2.10 bits per heavy atom. The number of aliphatic hydroxyl groups is 1. The first-order valence-corrected chi connectivity index (χ1v) is 7.27. The maximum absolute atomic E-state index is 12.0. The van der Waals surface area contributed by atoms with Crippen LogP contribution in [0.4, 0.5) is 0 Å². The van der Waals surface area contributed by atoms with E-state index in [4.69, 9.17) is 4.74 Å². The summed E-state index contributed by atoms with van der Waals surface area (Å²) in [5.74, 6) is 0.462. The van der Waals surface area contributed by atoms with Crippen molar-refractivity contribution in [2.45, 2.75) is 38.5 Å². The largest absolute Gasteiger partial charge is 0.481 e. The third kappa shape index (κ3) is 3.00. The molecule has 0 saturated heterocycles. The van der Waals surface area contributed by atoms with E-state index in [1.54, 1.807) is 6.92 Å². The first-order chi connectivity index (χ1) is 10.2. The van der Waals surface area contributed by atoms with Gasteiger partial charge in [0.2, 0.25) is 0 Å². The molecule has 110 valence electrons. The van der Waals surface area contributed by atoms with Crippen LogP contribution in [0.25, 0.3) is 10.8 Å². The van der Waals surface area contributed by atoms with Gasteiger partial charge in [-0.2, -0.15) is 0 Å². The molecule has 0 radical (unpaired) electrons. The summed E-state index contributed by atoms with van der Waals surface area (Å²) < 4.78 is 5.76. The number of ether oxygens (including phenoxy) is 1. The van der Waals surface area contributed by atoms with E-state index in [-0.39, 0.29) is 12.5 Å². The molecule has 21 heavy (non-hydrogen) atoms. The van der Waals surface area contributed by atoms with Crippen LogP contribution in [0, 0.1) is 0 Å².